The summed E-state index contributed by atoms with van der Waals surface area (Å²) in [5.41, 5.74) is 5.40. The Hall–Kier alpha value is -1.83. The number of nitrogen functional groups attached to an aromatic ring is 1. The van der Waals surface area contributed by atoms with Gasteiger partial charge in [0.05, 0.1) is 5.56 Å². The van der Waals surface area contributed by atoms with Gasteiger partial charge in [0.1, 0.15) is 0 Å². The van der Waals surface area contributed by atoms with Crippen molar-refractivity contribution in [2.75, 3.05) is 11.1 Å². The minimum Gasteiger partial charge on any atom is -0.367 e. The van der Waals surface area contributed by atoms with Crippen LogP contribution in [-0.2, 0) is 12.7 Å². The molecule has 1 aromatic carbocycles. The topological polar surface area (TPSA) is 63.8 Å². The van der Waals surface area contributed by atoms with Crippen LogP contribution in [0.3, 0.4) is 0 Å². The number of alkyl halides is 3. The Balaban J connectivity index is 1.98. The standard InChI is InChI=1S/C10H9F3N4S/c11-10(12,13)7-3-1-6(2-4-7)5-15-9-16-8(14)17-18-9/h1-4H,5H2,(H3,14,15,16,17). The van der Waals surface area contributed by atoms with Gasteiger partial charge in [0, 0.05) is 18.1 Å². The fourth-order valence-corrected chi connectivity index (χ4v) is 1.79. The van der Waals surface area contributed by atoms with Crippen LogP contribution in [0.1, 0.15) is 11.1 Å². The van der Waals surface area contributed by atoms with E-state index in [0.29, 0.717) is 11.7 Å². The first kappa shape index (κ1) is 12.6. The Labute approximate surface area is 105 Å². The van der Waals surface area contributed by atoms with Gasteiger partial charge in [-0.2, -0.15) is 22.5 Å². The summed E-state index contributed by atoms with van der Waals surface area (Å²) in [4.78, 5) is 3.88. The smallest absolute Gasteiger partial charge is 0.367 e. The van der Waals surface area contributed by atoms with Crippen LogP contribution in [0, 0.1) is 0 Å². The maximum atomic E-state index is 12.3. The van der Waals surface area contributed by atoms with Crippen molar-refractivity contribution < 1.29 is 13.2 Å². The molecular formula is C10H9F3N4S. The van der Waals surface area contributed by atoms with Crippen molar-refractivity contribution in [2.45, 2.75) is 12.7 Å². The van der Waals surface area contributed by atoms with Crippen molar-refractivity contribution in [1.82, 2.24) is 9.36 Å². The van der Waals surface area contributed by atoms with Gasteiger partial charge in [0.15, 0.2) is 0 Å². The molecule has 1 heterocycles. The van der Waals surface area contributed by atoms with Gasteiger partial charge in [-0.15, -0.1) is 0 Å². The summed E-state index contributed by atoms with van der Waals surface area (Å²) < 4.78 is 40.8. The molecule has 0 aliphatic heterocycles. The van der Waals surface area contributed by atoms with Crippen molar-refractivity contribution >= 4 is 22.6 Å². The molecule has 18 heavy (non-hydrogen) atoms. The molecule has 3 N–H and O–H groups in total. The molecule has 8 heteroatoms. The van der Waals surface area contributed by atoms with Crippen molar-refractivity contribution in [3.8, 4) is 0 Å². The van der Waals surface area contributed by atoms with Crippen LogP contribution in [0.5, 0.6) is 0 Å². The molecule has 4 nitrogen and oxygen atoms in total. The summed E-state index contributed by atoms with van der Waals surface area (Å²) in [6.07, 6.45) is -4.31. The third-order valence-electron chi connectivity index (χ3n) is 2.17. The zero-order valence-corrected chi connectivity index (χ0v) is 9.85. The number of rotatable bonds is 3. The number of halogens is 3. The highest BCUT2D eigenvalue weighted by Crippen LogP contribution is 2.29. The average molecular weight is 274 g/mol. The zero-order chi connectivity index (χ0) is 13.2. The lowest BCUT2D eigenvalue weighted by atomic mass is 10.1. The largest absolute Gasteiger partial charge is 0.416 e. The summed E-state index contributed by atoms with van der Waals surface area (Å²) in [5.74, 6) is 0.176. The molecule has 1 aromatic heterocycles. The lowest BCUT2D eigenvalue weighted by Gasteiger charge is -2.07. The van der Waals surface area contributed by atoms with Crippen molar-refractivity contribution in [3.63, 3.8) is 0 Å². The minimum absolute atomic E-state index is 0.176. The Kier molecular flexibility index (Phi) is 3.37. The molecule has 0 bridgehead atoms. The number of nitrogens with one attached hydrogen (secondary N) is 1. The Morgan fingerprint density at radius 1 is 1.22 bits per heavy atom. The van der Waals surface area contributed by atoms with E-state index >= 15 is 0 Å². The van der Waals surface area contributed by atoms with E-state index in [1.807, 2.05) is 0 Å². The first-order valence-electron chi connectivity index (χ1n) is 4.94. The molecule has 0 amide bonds. The van der Waals surface area contributed by atoms with Crippen molar-refractivity contribution in [2.24, 2.45) is 0 Å². The van der Waals surface area contributed by atoms with E-state index in [2.05, 4.69) is 14.7 Å². The van der Waals surface area contributed by atoms with Gasteiger partial charge >= 0.3 is 6.18 Å². The van der Waals surface area contributed by atoms with E-state index in [1.165, 1.54) is 12.1 Å². The monoisotopic (exact) mass is 274 g/mol. The van der Waals surface area contributed by atoms with Gasteiger partial charge in [-0.25, -0.2) is 0 Å². The van der Waals surface area contributed by atoms with Crippen LogP contribution in [0.25, 0.3) is 0 Å². The van der Waals surface area contributed by atoms with Gasteiger partial charge in [0.2, 0.25) is 11.1 Å². The molecule has 0 aliphatic rings. The second-order valence-electron chi connectivity index (χ2n) is 3.51. The quantitative estimate of drug-likeness (QED) is 0.903. The van der Waals surface area contributed by atoms with Crippen molar-refractivity contribution in [1.29, 1.82) is 0 Å². The number of benzene rings is 1. The Morgan fingerprint density at radius 3 is 2.39 bits per heavy atom. The number of hydrogen-bond acceptors (Lipinski definition) is 5. The molecule has 0 saturated carbocycles. The summed E-state index contributed by atoms with van der Waals surface area (Å²) >= 11 is 1.10. The molecule has 2 aromatic rings. The van der Waals surface area contributed by atoms with Crippen LogP contribution in [0.15, 0.2) is 24.3 Å². The Morgan fingerprint density at radius 2 is 1.89 bits per heavy atom. The van der Waals surface area contributed by atoms with Crippen LogP contribution in [0.2, 0.25) is 0 Å². The van der Waals surface area contributed by atoms with Gasteiger partial charge < -0.3 is 11.1 Å². The molecular weight excluding hydrogens is 265 g/mol. The first-order chi connectivity index (χ1) is 8.45. The van der Waals surface area contributed by atoms with E-state index in [4.69, 9.17) is 5.73 Å². The van der Waals surface area contributed by atoms with E-state index in [9.17, 15) is 13.2 Å². The number of nitrogens with two attached hydrogens (primary N) is 1. The molecule has 0 aliphatic carbocycles. The molecule has 96 valence electrons. The SMILES string of the molecule is Nc1nsc(NCc2ccc(C(F)(F)F)cc2)n1. The molecule has 0 atom stereocenters. The predicted molar refractivity (Wildman–Crippen MR) is 63.1 cm³/mol. The minimum atomic E-state index is -4.31. The molecule has 0 fully saturated rings. The molecule has 2 rings (SSSR count). The fraction of sp³-hybridized carbons (Fsp3) is 0.200. The molecule has 0 unspecified atom stereocenters. The second-order valence-corrected chi connectivity index (χ2v) is 4.26. The van der Waals surface area contributed by atoms with Gasteiger partial charge in [-0.3, -0.25) is 0 Å². The summed E-state index contributed by atoms with van der Waals surface area (Å²) in [5, 5.41) is 3.46. The van der Waals surface area contributed by atoms with Crippen LogP contribution in [-0.4, -0.2) is 9.36 Å². The number of nitrogens with zero attached hydrogens (tertiary/aromatic N) is 2. The van der Waals surface area contributed by atoms with E-state index in [-0.39, 0.29) is 5.95 Å². The van der Waals surface area contributed by atoms with Crippen LogP contribution in [0.4, 0.5) is 24.3 Å². The van der Waals surface area contributed by atoms with Crippen molar-refractivity contribution in [3.05, 3.63) is 35.4 Å². The van der Waals surface area contributed by atoms with Gasteiger partial charge in [0.25, 0.3) is 0 Å². The third kappa shape index (κ3) is 3.10. The average Bonchev–Trinajstić information content (AvgIpc) is 2.72. The van der Waals surface area contributed by atoms with Gasteiger partial charge in [-0.1, -0.05) is 12.1 Å². The summed E-state index contributed by atoms with van der Waals surface area (Å²) in [6, 6.07) is 4.93. The van der Waals surface area contributed by atoms with E-state index in [0.717, 1.165) is 29.2 Å². The summed E-state index contributed by atoms with van der Waals surface area (Å²) in [7, 11) is 0. The highest BCUT2D eigenvalue weighted by molar-refractivity contribution is 7.09. The van der Waals surface area contributed by atoms with E-state index < -0.39 is 11.7 Å². The lowest BCUT2D eigenvalue weighted by molar-refractivity contribution is -0.137. The zero-order valence-electron chi connectivity index (χ0n) is 9.03. The number of hydrogen-bond donors (Lipinski definition) is 2. The maximum absolute atomic E-state index is 12.3. The highest BCUT2D eigenvalue weighted by atomic mass is 32.1. The second kappa shape index (κ2) is 4.81. The predicted octanol–water partition coefficient (Wildman–Crippen LogP) is 2.75. The van der Waals surface area contributed by atoms with Crippen LogP contribution >= 0.6 is 11.5 Å². The van der Waals surface area contributed by atoms with Crippen LogP contribution < -0.4 is 11.1 Å². The fourth-order valence-electron chi connectivity index (χ4n) is 1.30. The number of aromatic nitrogens is 2. The third-order valence-corrected chi connectivity index (χ3v) is 2.85. The van der Waals surface area contributed by atoms with Gasteiger partial charge in [-0.05, 0) is 17.7 Å². The Bertz CT molecular complexity index is 521. The first-order valence-corrected chi connectivity index (χ1v) is 5.72. The lowest BCUT2D eigenvalue weighted by Crippen LogP contribution is -2.05. The van der Waals surface area contributed by atoms with E-state index in [1.54, 1.807) is 0 Å². The molecule has 0 radical (unpaired) electrons. The number of anilines is 2. The molecule has 0 spiro atoms. The molecule has 0 saturated heterocycles. The maximum Gasteiger partial charge on any atom is 0.416 e. The summed E-state index contributed by atoms with van der Waals surface area (Å²) in [6.45, 7) is 0.368. The normalized spacial score (nSPS) is 11.5. The highest BCUT2D eigenvalue weighted by Gasteiger charge is 2.29.